The number of H-pyrrole nitrogens is 1. The maximum Gasteiger partial charge on any atom is 0.308 e. The SMILES string of the molecule is CCOC(=O)CC(NC(=O)CSc1nc2ccc([N+](=O)[O-])cc2[nH]1)c1ccc(C)cc1. The molecular weight excluding hydrogens is 420 g/mol. The number of thioether (sulfide) groups is 1. The fourth-order valence-corrected chi connectivity index (χ4v) is 3.66. The normalized spacial score (nSPS) is 11.8. The number of aromatic amines is 1. The third-order valence-corrected chi connectivity index (χ3v) is 5.36. The van der Waals surface area contributed by atoms with E-state index in [2.05, 4.69) is 15.3 Å². The first-order chi connectivity index (χ1) is 14.9. The molecule has 0 aliphatic heterocycles. The number of aromatic nitrogens is 2. The van der Waals surface area contributed by atoms with Crippen LogP contribution in [0, 0.1) is 17.0 Å². The van der Waals surface area contributed by atoms with Crippen molar-refractivity contribution in [3.8, 4) is 0 Å². The van der Waals surface area contributed by atoms with Crippen LogP contribution in [-0.4, -0.2) is 39.1 Å². The van der Waals surface area contributed by atoms with E-state index in [-0.39, 0.29) is 36.3 Å². The number of nitro benzene ring substituents is 1. The lowest BCUT2D eigenvalue weighted by molar-refractivity contribution is -0.384. The number of ether oxygens (including phenoxy) is 1. The molecule has 0 bridgehead atoms. The summed E-state index contributed by atoms with van der Waals surface area (Å²) in [6.45, 7) is 3.96. The summed E-state index contributed by atoms with van der Waals surface area (Å²) in [4.78, 5) is 42.3. The number of aryl methyl sites for hydroxylation is 1. The van der Waals surface area contributed by atoms with Crippen LogP contribution in [0.25, 0.3) is 11.0 Å². The van der Waals surface area contributed by atoms with Crippen molar-refractivity contribution in [1.82, 2.24) is 15.3 Å². The molecule has 1 amide bonds. The number of benzene rings is 2. The molecule has 0 aliphatic carbocycles. The lowest BCUT2D eigenvalue weighted by Crippen LogP contribution is -2.32. The second kappa shape index (κ2) is 10.1. The Bertz CT molecular complexity index is 1100. The number of nitrogens with one attached hydrogen (secondary N) is 2. The summed E-state index contributed by atoms with van der Waals surface area (Å²) < 4.78 is 5.03. The number of amides is 1. The smallest absolute Gasteiger partial charge is 0.308 e. The third kappa shape index (κ3) is 6.05. The summed E-state index contributed by atoms with van der Waals surface area (Å²) in [7, 11) is 0. The maximum absolute atomic E-state index is 12.5. The zero-order valence-electron chi connectivity index (χ0n) is 17.1. The first-order valence-electron chi connectivity index (χ1n) is 9.64. The predicted octanol–water partition coefficient (Wildman–Crippen LogP) is 3.68. The Morgan fingerprint density at radius 2 is 2.00 bits per heavy atom. The molecule has 1 aromatic heterocycles. The molecule has 0 spiro atoms. The monoisotopic (exact) mass is 442 g/mol. The Hall–Kier alpha value is -3.40. The van der Waals surface area contributed by atoms with E-state index >= 15 is 0 Å². The largest absolute Gasteiger partial charge is 0.466 e. The molecule has 0 saturated carbocycles. The number of fused-ring (bicyclic) bond motifs is 1. The van der Waals surface area contributed by atoms with E-state index in [4.69, 9.17) is 4.74 Å². The van der Waals surface area contributed by atoms with Crippen molar-refractivity contribution in [3.63, 3.8) is 0 Å². The minimum absolute atomic E-state index is 0.0294. The summed E-state index contributed by atoms with van der Waals surface area (Å²) in [6.07, 6.45) is 0.0294. The van der Waals surface area contributed by atoms with Crippen molar-refractivity contribution in [2.75, 3.05) is 12.4 Å². The van der Waals surface area contributed by atoms with Crippen LogP contribution in [0.5, 0.6) is 0 Å². The molecule has 3 rings (SSSR count). The number of nitrogens with zero attached hydrogens (tertiary/aromatic N) is 2. The lowest BCUT2D eigenvalue weighted by Gasteiger charge is -2.18. The molecule has 0 radical (unpaired) electrons. The summed E-state index contributed by atoms with van der Waals surface area (Å²) in [6, 6.07) is 11.4. The minimum Gasteiger partial charge on any atom is -0.466 e. The van der Waals surface area contributed by atoms with E-state index in [9.17, 15) is 19.7 Å². The molecule has 1 unspecified atom stereocenters. The van der Waals surface area contributed by atoms with Gasteiger partial charge in [0.1, 0.15) is 0 Å². The van der Waals surface area contributed by atoms with Gasteiger partial charge in [0.2, 0.25) is 5.91 Å². The average Bonchev–Trinajstić information content (AvgIpc) is 3.14. The van der Waals surface area contributed by atoms with Crippen LogP contribution in [0.4, 0.5) is 5.69 Å². The summed E-state index contributed by atoms with van der Waals surface area (Å²) in [5, 5.41) is 14.3. The molecule has 2 N–H and O–H groups in total. The van der Waals surface area contributed by atoms with Gasteiger partial charge in [-0.25, -0.2) is 4.98 Å². The molecule has 0 fully saturated rings. The fourth-order valence-electron chi connectivity index (χ4n) is 2.96. The molecule has 162 valence electrons. The standard InChI is InChI=1S/C21H22N4O5S/c1-3-30-20(27)11-17(14-6-4-13(2)5-7-14)22-19(26)12-31-21-23-16-9-8-15(25(28)29)10-18(16)24-21/h4-10,17H,3,11-12H2,1-2H3,(H,22,26)(H,23,24). The number of hydrogen-bond acceptors (Lipinski definition) is 7. The van der Waals surface area contributed by atoms with Crippen molar-refractivity contribution in [3.05, 3.63) is 63.7 Å². The van der Waals surface area contributed by atoms with Crippen LogP contribution in [0.1, 0.15) is 30.5 Å². The molecule has 2 aromatic carbocycles. The van der Waals surface area contributed by atoms with Crippen molar-refractivity contribution in [2.24, 2.45) is 0 Å². The predicted molar refractivity (Wildman–Crippen MR) is 117 cm³/mol. The highest BCUT2D eigenvalue weighted by atomic mass is 32.2. The van der Waals surface area contributed by atoms with E-state index in [1.54, 1.807) is 13.0 Å². The zero-order chi connectivity index (χ0) is 22.4. The fraction of sp³-hybridized carbons (Fsp3) is 0.286. The van der Waals surface area contributed by atoms with E-state index in [0.717, 1.165) is 11.1 Å². The first-order valence-corrected chi connectivity index (χ1v) is 10.6. The maximum atomic E-state index is 12.5. The molecule has 10 heteroatoms. The molecule has 0 aliphatic rings. The van der Waals surface area contributed by atoms with Gasteiger partial charge in [-0.3, -0.25) is 19.7 Å². The van der Waals surface area contributed by atoms with E-state index in [1.807, 2.05) is 31.2 Å². The number of hydrogen-bond donors (Lipinski definition) is 2. The molecule has 31 heavy (non-hydrogen) atoms. The van der Waals surface area contributed by atoms with Crippen LogP contribution in [0.3, 0.4) is 0 Å². The van der Waals surface area contributed by atoms with Gasteiger partial charge in [0, 0.05) is 12.1 Å². The molecular formula is C21H22N4O5S. The second-order valence-corrected chi connectivity index (χ2v) is 7.79. The molecule has 0 saturated heterocycles. The Kier molecular flexibility index (Phi) is 7.24. The van der Waals surface area contributed by atoms with Crippen LogP contribution >= 0.6 is 11.8 Å². The minimum atomic E-state index is -0.508. The Labute approximate surface area is 182 Å². The molecule has 9 nitrogen and oxygen atoms in total. The first kappa shape index (κ1) is 22.3. The molecule has 1 atom stereocenters. The topological polar surface area (TPSA) is 127 Å². The molecule has 1 heterocycles. The second-order valence-electron chi connectivity index (χ2n) is 6.83. The zero-order valence-corrected chi connectivity index (χ0v) is 17.9. The van der Waals surface area contributed by atoms with Crippen molar-refractivity contribution in [1.29, 1.82) is 0 Å². The van der Waals surface area contributed by atoms with E-state index in [1.165, 1.54) is 23.9 Å². The highest BCUT2D eigenvalue weighted by molar-refractivity contribution is 7.99. The van der Waals surface area contributed by atoms with Gasteiger partial charge in [0.15, 0.2) is 5.16 Å². The van der Waals surface area contributed by atoms with Crippen LogP contribution in [0.15, 0.2) is 47.6 Å². The van der Waals surface area contributed by atoms with Gasteiger partial charge < -0.3 is 15.0 Å². The van der Waals surface area contributed by atoms with Crippen LogP contribution < -0.4 is 5.32 Å². The number of imidazole rings is 1. The van der Waals surface area contributed by atoms with Gasteiger partial charge in [0.25, 0.3) is 5.69 Å². The lowest BCUT2D eigenvalue weighted by atomic mass is 10.0. The van der Waals surface area contributed by atoms with Crippen molar-refractivity contribution >= 4 is 40.4 Å². The van der Waals surface area contributed by atoms with Crippen LogP contribution in [-0.2, 0) is 14.3 Å². The summed E-state index contributed by atoms with van der Waals surface area (Å²) >= 11 is 1.17. The van der Waals surface area contributed by atoms with Gasteiger partial charge >= 0.3 is 5.97 Å². The van der Waals surface area contributed by atoms with Crippen molar-refractivity contribution in [2.45, 2.75) is 31.5 Å². The number of esters is 1. The van der Waals surface area contributed by atoms with Crippen molar-refractivity contribution < 1.29 is 19.2 Å². The van der Waals surface area contributed by atoms with Crippen LogP contribution in [0.2, 0.25) is 0 Å². The number of carbonyl (C=O) groups is 2. The quantitative estimate of drug-likeness (QED) is 0.224. The average molecular weight is 442 g/mol. The van der Waals surface area contributed by atoms with Gasteiger partial charge in [-0.15, -0.1) is 0 Å². The summed E-state index contributed by atoms with van der Waals surface area (Å²) in [5.74, 6) is -0.598. The highest BCUT2D eigenvalue weighted by Gasteiger charge is 2.20. The summed E-state index contributed by atoms with van der Waals surface area (Å²) in [5.41, 5.74) is 2.95. The Morgan fingerprint density at radius 1 is 1.26 bits per heavy atom. The van der Waals surface area contributed by atoms with Gasteiger partial charge in [-0.1, -0.05) is 41.6 Å². The number of non-ortho nitro benzene ring substituents is 1. The third-order valence-electron chi connectivity index (χ3n) is 4.49. The van der Waals surface area contributed by atoms with Gasteiger partial charge in [-0.2, -0.15) is 0 Å². The van der Waals surface area contributed by atoms with Gasteiger partial charge in [0.05, 0.1) is 40.8 Å². The van der Waals surface area contributed by atoms with Gasteiger partial charge in [-0.05, 0) is 25.5 Å². The molecule has 3 aromatic rings. The van der Waals surface area contributed by atoms with E-state index in [0.29, 0.717) is 16.2 Å². The van der Waals surface area contributed by atoms with E-state index < -0.39 is 11.0 Å². The number of nitro groups is 1. The number of carbonyl (C=O) groups excluding carboxylic acids is 2. The Morgan fingerprint density at radius 3 is 2.68 bits per heavy atom. The Balaban J connectivity index is 1.66. The number of rotatable bonds is 9. The highest BCUT2D eigenvalue weighted by Crippen LogP contribution is 2.24.